The third-order valence-electron chi connectivity index (χ3n) is 4.77. The minimum Gasteiger partial charge on any atom is -0.355 e. The lowest BCUT2D eigenvalue weighted by Crippen LogP contribution is -2.49. The van der Waals surface area contributed by atoms with Crippen molar-refractivity contribution in [1.82, 2.24) is 15.1 Å². The number of hydrogen-bond donors (Lipinski definition) is 1. The van der Waals surface area contributed by atoms with Gasteiger partial charge in [-0.1, -0.05) is 51.1 Å². The second-order valence-corrected chi connectivity index (χ2v) is 8.30. The van der Waals surface area contributed by atoms with E-state index in [2.05, 4.69) is 31.0 Å². The summed E-state index contributed by atoms with van der Waals surface area (Å²) >= 11 is 0. The zero-order valence-corrected chi connectivity index (χ0v) is 16.5. The molecule has 5 heteroatoms. The number of nitrogens with zero attached hydrogens (tertiary/aromatic N) is 2. The lowest BCUT2D eigenvalue weighted by molar-refractivity contribution is -0.133. The molecular formula is C21H33N3O2. The van der Waals surface area contributed by atoms with Crippen molar-refractivity contribution < 1.29 is 9.59 Å². The summed E-state index contributed by atoms with van der Waals surface area (Å²) in [5.74, 6) is 0.108. The third-order valence-corrected chi connectivity index (χ3v) is 4.77. The Kier molecular flexibility index (Phi) is 7.64. The predicted octanol–water partition coefficient (Wildman–Crippen LogP) is 2.32. The minimum absolute atomic E-state index is 0.0315. The van der Waals surface area contributed by atoms with Crippen LogP contribution in [0.1, 0.15) is 39.2 Å². The first-order valence-corrected chi connectivity index (χ1v) is 9.64. The monoisotopic (exact) mass is 359 g/mol. The van der Waals surface area contributed by atoms with Crippen molar-refractivity contribution in [2.24, 2.45) is 5.41 Å². The van der Waals surface area contributed by atoms with Gasteiger partial charge in [0, 0.05) is 39.1 Å². The number of piperazine rings is 1. The van der Waals surface area contributed by atoms with Crippen LogP contribution < -0.4 is 5.32 Å². The van der Waals surface area contributed by atoms with Crippen LogP contribution in [0.5, 0.6) is 0 Å². The van der Waals surface area contributed by atoms with Crippen LogP contribution in [0.2, 0.25) is 0 Å². The number of amides is 2. The van der Waals surface area contributed by atoms with Crippen LogP contribution in [-0.2, 0) is 16.0 Å². The molecule has 0 saturated carbocycles. The SMILES string of the molecule is CC(C)(C)CCN1CCN(C(=O)CCNC(=O)Cc2ccccc2)CC1. The van der Waals surface area contributed by atoms with Crippen LogP contribution in [-0.4, -0.2) is 60.9 Å². The fourth-order valence-corrected chi connectivity index (χ4v) is 3.03. The fraction of sp³-hybridized carbons (Fsp3) is 0.619. The van der Waals surface area contributed by atoms with Crippen LogP contribution >= 0.6 is 0 Å². The number of hydrogen-bond acceptors (Lipinski definition) is 3. The Morgan fingerprint density at radius 3 is 2.31 bits per heavy atom. The molecule has 1 aliphatic rings. The molecule has 0 radical (unpaired) electrons. The largest absolute Gasteiger partial charge is 0.355 e. The summed E-state index contributed by atoms with van der Waals surface area (Å²) < 4.78 is 0. The van der Waals surface area contributed by atoms with Crippen LogP contribution in [0.25, 0.3) is 0 Å². The molecule has 1 heterocycles. The normalized spacial score (nSPS) is 15.7. The molecular weight excluding hydrogens is 326 g/mol. The highest BCUT2D eigenvalue weighted by atomic mass is 16.2. The molecule has 1 fully saturated rings. The van der Waals surface area contributed by atoms with Crippen LogP contribution in [0.4, 0.5) is 0 Å². The lowest BCUT2D eigenvalue weighted by Gasteiger charge is -2.36. The van der Waals surface area contributed by atoms with Gasteiger partial charge in [-0.25, -0.2) is 0 Å². The Morgan fingerprint density at radius 2 is 1.69 bits per heavy atom. The van der Waals surface area contributed by atoms with Crippen LogP contribution in [0.15, 0.2) is 30.3 Å². The van der Waals surface area contributed by atoms with E-state index < -0.39 is 0 Å². The smallest absolute Gasteiger partial charge is 0.224 e. The van der Waals surface area contributed by atoms with Crippen molar-refractivity contribution in [3.8, 4) is 0 Å². The molecule has 26 heavy (non-hydrogen) atoms. The minimum atomic E-state index is -0.0315. The Bertz CT molecular complexity index is 573. The van der Waals surface area contributed by atoms with Gasteiger partial charge >= 0.3 is 0 Å². The van der Waals surface area contributed by atoms with Gasteiger partial charge < -0.3 is 10.2 Å². The van der Waals surface area contributed by atoms with E-state index in [1.807, 2.05) is 35.2 Å². The molecule has 0 atom stereocenters. The maximum absolute atomic E-state index is 12.3. The number of carbonyl (C=O) groups excluding carboxylic acids is 2. The summed E-state index contributed by atoms with van der Waals surface area (Å²) in [5, 5.41) is 2.85. The van der Waals surface area contributed by atoms with Gasteiger partial charge in [0.05, 0.1) is 6.42 Å². The molecule has 1 saturated heterocycles. The topological polar surface area (TPSA) is 52.6 Å². The number of rotatable bonds is 7. The molecule has 2 amide bonds. The van der Waals surface area contributed by atoms with Crippen molar-refractivity contribution >= 4 is 11.8 Å². The average molecular weight is 360 g/mol. The van der Waals surface area contributed by atoms with Gasteiger partial charge in [0.2, 0.25) is 11.8 Å². The van der Waals surface area contributed by atoms with Gasteiger partial charge in [0.15, 0.2) is 0 Å². The Labute approximate surface area is 157 Å². The first-order chi connectivity index (χ1) is 12.3. The Balaban J connectivity index is 1.61. The first kappa shape index (κ1) is 20.4. The molecule has 1 aliphatic heterocycles. The van der Waals surface area contributed by atoms with Crippen molar-refractivity contribution in [2.45, 2.75) is 40.0 Å². The van der Waals surface area contributed by atoms with Gasteiger partial charge in [0.25, 0.3) is 0 Å². The molecule has 144 valence electrons. The molecule has 0 aromatic heterocycles. The van der Waals surface area contributed by atoms with Gasteiger partial charge in [-0.2, -0.15) is 0 Å². The third kappa shape index (κ3) is 7.56. The highest BCUT2D eigenvalue weighted by Crippen LogP contribution is 2.19. The highest BCUT2D eigenvalue weighted by Gasteiger charge is 2.22. The number of carbonyl (C=O) groups is 2. The Morgan fingerprint density at radius 1 is 1.04 bits per heavy atom. The molecule has 1 aromatic rings. The highest BCUT2D eigenvalue weighted by molar-refractivity contribution is 5.80. The maximum atomic E-state index is 12.3. The van der Waals surface area contributed by atoms with Gasteiger partial charge in [-0.05, 0) is 23.9 Å². The Hall–Kier alpha value is -1.88. The summed E-state index contributed by atoms with van der Waals surface area (Å²) in [6.45, 7) is 11.8. The second kappa shape index (κ2) is 9.72. The molecule has 0 spiro atoms. The van der Waals surface area contributed by atoms with E-state index in [4.69, 9.17) is 0 Å². The first-order valence-electron chi connectivity index (χ1n) is 9.64. The zero-order valence-electron chi connectivity index (χ0n) is 16.5. The van der Waals surface area contributed by atoms with E-state index in [9.17, 15) is 9.59 Å². The predicted molar refractivity (Wildman–Crippen MR) is 105 cm³/mol. The van der Waals surface area contributed by atoms with E-state index in [0.29, 0.717) is 24.8 Å². The summed E-state index contributed by atoms with van der Waals surface area (Å²) in [5.41, 5.74) is 1.34. The van der Waals surface area contributed by atoms with Crippen LogP contribution in [0.3, 0.4) is 0 Å². The molecule has 0 bridgehead atoms. The van der Waals surface area contributed by atoms with E-state index >= 15 is 0 Å². The molecule has 5 nitrogen and oxygen atoms in total. The van der Waals surface area contributed by atoms with Crippen molar-refractivity contribution in [3.63, 3.8) is 0 Å². The standard InChI is InChI=1S/C21H33N3O2/c1-21(2,3)10-12-23-13-15-24(16-14-23)20(26)9-11-22-19(25)17-18-7-5-4-6-8-18/h4-8H,9-17H2,1-3H3,(H,22,25). The molecule has 1 aromatic carbocycles. The quantitative estimate of drug-likeness (QED) is 0.813. The molecule has 0 unspecified atom stereocenters. The van der Waals surface area contributed by atoms with E-state index in [-0.39, 0.29) is 11.8 Å². The molecule has 2 rings (SSSR count). The van der Waals surface area contributed by atoms with Crippen molar-refractivity contribution in [2.75, 3.05) is 39.3 Å². The number of nitrogens with one attached hydrogen (secondary N) is 1. The molecule has 0 aliphatic carbocycles. The van der Waals surface area contributed by atoms with E-state index in [0.717, 1.165) is 38.3 Å². The van der Waals surface area contributed by atoms with Gasteiger partial charge in [-0.15, -0.1) is 0 Å². The molecule has 1 N–H and O–H groups in total. The van der Waals surface area contributed by atoms with Crippen LogP contribution in [0, 0.1) is 5.41 Å². The van der Waals surface area contributed by atoms with Crippen molar-refractivity contribution in [3.05, 3.63) is 35.9 Å². The van der Waals surface area contributed by atoms with Gasteiger partial charge in [0.1, 0.15) is 0 Å². The van der Waals surface area contributed by atoms with E-state index in [1.54, 1.807) is 0 Å². The zero-order chi connectivity index (χ0) is 19.0. The summed E-state index contributed by atoms with van der Waals surface area (Å²) in [6.07, 6.45) is 1.92. The van der Waals surface area contributed by atoms with E-state index in [1.165, 1.54) is 6.42 Å². The average Bonchev–Trinajstić information content (AvgIpc) is 2.60. The summed E-state index contributed by atoms with van der Waals surface area (Å²) in [7, 11) is 0. The van der Waals surface area contributed by atoms with Crippen molar-refractivity contribution in [1.29, 1.82) is 0 Å². The second-order valence-electron chi connectivity index (χ2n) is 8.30. The fourth-order valence-electron chi connectivity index (χ4n) is 3.03. The summed E-state index contributed by atoms with van der Waals surface area (Å²) in [6, 6.07) is 9.65. The number of benzene rings is 1. The maximum Gasteiger partial charge on any atom is 0.224 e. The van der Waals surface area contributed by atoms with Gasteiger partial charge in [-0.3, -0.25) is 14.5 Å². The summed E-state index contributed by atoms with van der Waals surface area (Å²) in [4.78, 5) is 28.6. The lowest BCUT2D eigenvalue weighted by atomic mass is 9.92.